The Bertz CT molecular complexity index is 572. The molecule has 0 fully saturated rings. The van der Waals surface area contributed by atoms with Crippen LogP contribution in [-0.2, 0) is 4.79 Å². The van der Waals surface area contributed by atoms with E-state index in [4.69, 9.17) is 11.6 Å². The van der Waals surface area contributed by atoms with Gasteiger partial charge in [0, 0.05) is 22.9 Å². The molecule has 1 amide bonds. The molecular weight excluding hydrogens is 272 g/mol. The molecule has 20 heavy (non-hydrogen) atoms. The smallest absolute Gasteiger partial charge is 0.246 e. The average molecular weight is 289 g/mol. The Balaban J connectivity index is 2.00. The van der Waals surface area contributed by atoms with Gasteiger partial charge in [-0.15, -0.1) is 0 Å². The molecule has 4 heteroatoms. The Kier molecular flexibility index (Phi) is 5.02. The van der Waals surface area contributed by atoms with E-state index in [2.05, 4.69) is 5.32 Å². The maximum Gasteiger partial charge on any atom is 0.246 e. The zero-order valence-electron chi connectivity index (χ0n) is 11.3. The van der Waals surface area contributed by atoms with Crippen molar-refractivity contribution in [2.75, 3.05) is 23.3 Å². The number of rotatable bonds is 5. The van der Waals surface area contributed by atoms with Gasteiger partial charge in [0.2, 0.25) is 5.91 Å². The first kappa shape index (κ1) is 14.4. The molecule has 0 atom stereocenters. The zero-order valence-corrected chi connectivity index (χ0v) is 12.1. The number of benzene rings is 2. The lowest BCUT2D eigenvalue weighted by Gasteiger charge is -2.21. The van der Waals surface area contributed by atoms with Crippen molar-refractivity contribution in [2.45, 2.75) is 6.92 Å². The second kappa shape index (κ2) is 6.96. The minimum Gasteiger partial charge on any atom is -0.376 e. The molecular formula is C16H17ClN2O. The Labute approximate surface area is 124 Å². The molecule has 0 bridgehead atoms. The van der Waals surface area contributed by atoms with E-state index in [-0.39, 0.29) is 12.5 Å². The predicted molar refractivity (Wildman–Crippen MR) is 84.4 cm³/mol. The number of amides is 1. The summed E-state index contributed by atoms with van der Waals surface area (Å²) in [6.07, 6.45) is 0. The number of hydrogen-bond acceptors (Lipinski definition) is 2. The van der Waals surface area contributed by atoms with Gasteiger partial charge in [-0.2, -0.15) is 0 Å². The van der Waals surface area contributed by atoms with Crippen LogP contribution in [0.3, 0.4) is 0 Å². The van der Waals surface area contributed by atoms with Gasteiger partial charge in [0.25, 0.3) is 0 Å². The van der Waals surface area contributed by atoms with Gasteiger partial charge in [-0.05, 0) is 37.3 Å². The largest absolute Gasteiger partial charge is 0.376 e. The summed E-state index contributed by atoms with van der Waals surface area (Å²) in [5.74, 6) is 0.0266. The average Bonchev–Trinajstić information content (AvgIpc) is 2.47. The maximum atomic E-state index is 12.3. The Morgan fingerprint density at radius 1 is 1.15 bits per heavy atom. The number of nitrogens with one attached hydrogen (secondary N) is 1. The molecule has 0 spiro atoms. The fraction of sp³-hybridized carbons (Fsp3) is 0.188. The standard InChI is InChI=1S/C16H17ClN2O/c1-2-19(15-9-4-3-5-10-15)16(20)12-18-14-8-6-7-13(17)11-14/h3-11,18H,2,12H2,1H3. The summed E-state index contributed by atoms with van der Waals surface area (Å²) in [5.41, 5.74) is 1.75. The number of likely N-dealkylation sites (N-methyl/N-ethyl adjacent to an activating group) is 1. The molecule has 3 nitrogen and oxygen atoms in total. The van der Waals surface area contributed by atoms with Gasteiger partial charge in [-0.1, -0.05) is 35.9 Å². The minimum atomic E-state index is 0.0266. The van der Waals surface area contributed by atoms with E-state index in [9.17, 15) is 4.79 Å². The predicted octanol–water partition coefficient (Wildman–Crippen LogP) is 3.81. The monoisotopic (exact) mass is 288 g/mol. The minimum absolute atomic E-state index is 0.0266. The van der Waals surface area contributed by atoms with Crippen molar-refractivity contribution in [3.63, 3.8) is 0 Å². The third-order valence-electron chi connectivity index (χ3n) is 2.95. The number of halogens is 1. The number of para-hydroxylation sites is 1. The molecule has 0 aliphatic carbocycles. The molecule has 0 saturated carbocycles. The summed E-state index contributed by atoms with van der Waals surface area (Å²) in [7, 11) is 0. The Morgan fingerprint density at radius 2 is 1.90 bits per heavy atom. The lowest BCUT2D eigenvalue weighted by molar-refractivity contribution is -0.116. The SMILES string of the molecule is CCN(C(=O)CNc1cccc(Cl)c1)c1ccccc1. The number of carbonyl (C=O) groups excluding carboxylic acids is 1. The van der Waals surface area contributed by atoms with Gasteiger partial charge >= 0.3 is 0 Å². The van der Waals surface area contributed by atoms with Crippen molar-refractivity contribution in [2.24, 2.45) is 0 Å². The normalized spacial score (nSPS) is 10.1. The molecule has 0 aromatic heterocycles. The van der Waals surface area contributed by atoms with E-state index in [0.29, 0.717) is 11.6 Å². The van der Waals surface area contributed by atoms with Crippen molar-refractivity contribution in [1.82, 2.24) is 0 Å². The van der Waals surface area contributed by atoms with E-state index >= 15 is 0 Å². The second-order valence-electron chi connectivity index (χ2n) is 4.34. The topological polar surface area (TPSA) is 32.3 Å². The van der Waals surface area contributed by atoms with Gasteiger partial charge in [0.15, 0.2) is 0 Å². The number of anilines is 2. The quantitative estimate of drug-likeness (QED) is 0.907. The van der Waals surface area contributed by atoms with Gasteiger partial charge in [0.1, 0.15) is 0 Å². The van der Waals surface area contributed by atoms with Gasteiger partial charge < -0.3 is 10.2 Å². The lowest BCUT2D eigenvalue weighted by atomic mass is 10.2. The van der Waals surface area contributed by atoms with Crippen molar-refractivity contribution in [1.29, 1.82) is 0 Å². The van der Waals surface area contributed by atoms with Crippen LogP contribution in [0.25, 0.3) is 0 Å². The van der Waals surface area contributed by atoms with Crippen LogP contribution in [0.15, 0.2) is 54.6 Å². The summed E-state index contributed by atoms with van der Waals surface area (Å²) in [6.45, 7) is 2.84. The van der Waals surface area contributed by atoms with E-state index in [1.807, 2.05) is 49.4 Å². The Hall–Kier alpha value is -2.00. The van der Waals surface area contributed by atoms with Crippen molar-refractivity contribution >= 4 is 28.9 Å². The summed E-state index contributed by atoms with van der Waals surface area (Å²) < 4.78 is 0. The molecule has 2 rings (SSSR count). The van der Waals surface area contributed by atoms with Crippen LogP contribution in [0.4, 0.5) is 11.4 Å². The third kappa shape index (κ3) is 3.75. The molecule has 104 valence electrons. The first-order valence-electron chi connectivity index (χ1n) is 6.55. The highest BCUT2D eigenvalue weighted by Crippen LogP contribution is 2.16. The van der Waals surface area contributed by atoms with Gasteiger partial charge in [-0.3, -0.25) is 4.79 Å². The van der Waals surface area contributed by atoms with E-state index in [1.54, 1.807) is 17.0 Å². The highest BCUT2D eigenvalue weighted by molar-refractivity contribution is 6.30. The van der Waals surface area contributed by atoms with E-state index in [1.165, 1.54) is 0 Å². The highest BCUT2D eigenvalue weighted by Gasteiger charge is 2.12. The molecule has 2 aromatic rings. The number of hydrogen-bond donors (Lipinski definition) is 1. The van der Waals surface area contributed by atoms with Crippen molar-refractivity contribution in [3.05, 3.63) is 59.6 Å². The third-order valence-corrected chi connectivity index (χ3v) is 3.19. The zero-order chi connectivity index (χ0) is 14.4. The van der Waals surface area contributed by atoms with Gasteiger partial charge in [-0.25, -0.2) is 0 Å². The molecule has 0 aliphatic rings. The fourth-order valence-electron chi connectivity index (χ4n) is 1.98. The van der Waals surface area contributed by atoms with E-state index < -0.39 is 0 Å². The molecule has 0 unspecified atom stereocenters. The van der Waals surface area contributed by atoms with Crippen LogP contribution in [0.1, 0.15) is 6.92 Å². The Morgan fingerprint density at radius 3 is 2.55 bits per heavy atom. The molecule has 1 N–H and O–H groups in total. The van der Waals surface area contributed by atoms with Gasteiger partial charge in [0.05, 0.1) is 6.54 Å². The summed E-state index contributed by atoms with van der Waals surface area (Å²) in [4.78, 5) is 14.0. The second-order valence-corrected chi connectivity index (χ2v) is 4.77. The highest BCUT2D eigenvalue weighted by atomic mass is 35.5. The van der Waals surface area contributed by atoms with Crippen LogP contribution in [0.5, 0.6) is 0 Å². The number of carbonyl (C=O) groups is 1. The summed E-state index contributed by atoms with van der Waals surface area (Å²) >= 11 is 5.91. The fourth-order valence-corrected chi connectivity index (χ4v) is 2.17. The first-order chi connectivity index (χ1) is 9.70. The van der Waals surface area contributed by atoms with Crippen molar-refractivity contribution < 1.29 is 4.79 Å². The first-order valence-corrected chi connectivity index (χ1v) is 6.93. The van der Waals surface area contributed by atoms with E-state index in [0.717, 1.165) is 11.4 Å². The summed E-state index contributed by atoms with van der Waals surface area (Å²) in [6, 6.07) is 17.0. The van der Waals surface area contributed by atoms with Crippen molar-refractivity contribution in [3.8, 4) is 0 Å². The van der Waals surface area contributed by atoms with Crippen LogP contribution < -0.4 is 10.2 Å². The molecule has 2 aromatic carbocycles. The molecule has 0 heterocycles. The molecule has 0 radical (unpaired) electrons. The van der Waals surface area contributed by atoms with Crippen LogP contribution in [0.2, 0.25) is 5.02 Å². The molecule has 0 aliphatic heterocycles. The van der Waals surface area contributed by atoms with Crippen LogP contribution in [-0.4, -0.2) is 19.0 Å². The van der Waals surface area contributed by atoms with Crippen LogP contribution in [0, 0.1) is 0 Å². The lowest BCUT2D eigenvalue weighted by Crippen LogP contribution is -2.35. The van der Waals surface area contributed by atoms with Crippen LogP contribution >= 0.6 is 11.6 Å². The summed E-state index contributed by atoms with van der Waals surface area (Å²) in [5, 5.41) is 3.74. The molecule has 0 saturated heterocycles. The number of nitrogens with zero attached hydrogens (tertiary/aromatic N) is 1. The maximum absolute atomic E-state index is 12.3.